The molecule has 1 unspecified atom stereocenters. The van der Waals surface area contributed by atoms with E-state index in [9.17, 15) is 9.00 Å². The Kier molecular flexibility index (Phi) is 4.92. The van der Waals surface area contributed by atoms with Crippen LogP contribution in [0.1, 0.15) is 6.42 Å². The zero-order chi connectivity index (χ0) is 14.5. The molecule has 3 atom stereocenters. The number of carbonyl (C=O) groups excluding carboxylic acids is 1. The first kappa shape index (κ1) is 14.7. The number of aliphatic hydroxyl groups excluding tert-OH is 1. The van der Waals surface area contributed by atoms with Crippen LogP contribution in [0.5, 0.6) is 0 Å². The monoisotopic (exact) mass is 294 g/mol. The van der Waals surface area contributed by atoms with Crippen molar-refractivity contribution in [2.45, 2.75) is 17.4 Å². The van der Waals surface area contributed by atoms with Gasteiger partial charge in [0.15, 0.2) is 0 Å². The highest BCUT2D eigenvalue weighted by atomic mass is 32.2. The molecule has 0 bridgehead atoms. The average molecular weight is 294 g/mol. The standard InChI is InChI=1S/C14H18N2O3S/c1-20(19)13-4-2-3-11(8-13)15-14(18)16-12-6-5-10(7-12)9-17/h2-6,8,10,12,17H,7,9H2,1H3,(H2,15,16,18)/t10-,12+,20?/m0/s1. The van der Waals surface area contributed by atoms with Crippen molar-refractivity contribution in [3.05, 3.63) is 36.4 Å². The number of amides is 2. The average Bonchev–Trinajstić information content (AvgIpc) is 2.86. The van der Waals surface area contributed by atoms with Crippen molar-refractivity contribution in [3.63, 3.8) is 0 Å². The molecule has 0 fully saturated rings. The first-order valence-corrected chi connectivity index (χ1v) is 7.94. The zero-order valence-corrected chi connectivity index (χ0v) is 12.0. The van der Waals surface area contributed by atoms with Gasteiger partial charge in [-0.1, -0.05) is 18.2 Å². The summed E-state index contributed by atoms with van der Waals surface area (Å²) in [4.78, 5) is 12.5. The molecular formula is C14H18N2O3S. The van der Waals surface area contributed by atoms with Gasteiger partial charge in [-0.15, -0.1) is 0 Å². The van der Waals surface area contributed by atoms with Crippen LogP contribution in [0.3, 0.4) is 0 Å². The molecule has 0 aliphatic heterocycles. The molecule has 0 heterocycles. The summed E-state index contributed by atoms with van der Waals surface area (Å²) < 4.78 is 11.4. The minimum absolute atomic E-state index is 0.0596. The lowest BCUT2D eigenvalue weighted by atomic mass is 10.1. The Balaban J connectivity index is 1.90. The van der Waals surface area contributed by atoms with Crippen molar-refractivity contribution in [1.82, 2.24) is 5.32 Å². The van der Waals surface area contributed by atoms with Gasteiger partial charge in [0, 0.05) is 46.2 Å². The molecule has 0 radical (unpaired) electrons. The molecule has 5 nitrogen and oxygen atoms in total. The van der Waals surface area contributed by atoms with Gasteiger partial charge < -0.3 is 15.7 Å². The molecule has 6 heteroatoms. The van der Waals surface area contributed by atoms with Gasteiger partial charge in [-0.05, 0) is 24.6 Å². The van der Waals surface area contributed by atoms with Crippen molar-refractivity contribution >= 4 is 22.5 Å². The molecule has 2 rings (SSSR count). The van der Waals surface area contributed by atoms with Gasteiger partial charge in [-0.2, -0.15) is 0 Å². The third kappa shape index (κ3) is 3.91. The summed E-state index contributed by atoms with van der Waals surface area (Å²) in [7, 11) is -1.07. The summed E-state index contributed by atoms with van der Waals surface area (Å²) in [5, 5.41) is 14.6. The molecule has 0 spiro atoms. The van der Waals surface area contributed by atoms with Crippen molar-refractivity contribution < 1.29 is 14.1 Å². The fourth-order valence-corrected chi connectivity index (χ4v) is 2.67. The van der Waals surface area contributed by atoms with Gasteiger partial charge in [0.1, 0.15) is 0 Å². The summed E-state index contributed by atoms with van der Waals surface area (Å²) in [5.41, 5.74) is 0.607. The van der Waals surface area contributed by atoms with Crippen LogP contribution in [0, 0.1) is 5.92 Å². The first-order chi connectivity index (χ1) is 9.58. The Morgan fingerprint density at radius 3 is 2.90 bits per heavy atom. The lowest BCUT2D eigenvalue weighted by Crippen LogP contribution is -2.36. The number of aliphatic hydroxyl groups is 1. The normalized spacial score (nSPS) is 22.5. The minimum Gasteiger partial charge on any atom is -0.396 e. The summed E-state index contributed by atoms with van der Waals surface area (Å²) in [6.45, 7) is 0.0979. The molecular weight excluding hydrogens is 276 g/mol. The van der Waals surface area contributed by atoms with Crippen LogP contribution in [0.25, 0.3) is 0 Å². The van der Waals surface area contributed by atoms with Crippen LogP contribution in [0.15, 0.2) is 41.3 Å². The Morgan fingerprint density at radius 2 is 2.25 bits per heavy atom. The predicted octanol–water partition coefficient (Wildman–Crippen LogP) is 1.48. The van der Waals surface area contributed by atoms with E-state index in [1.54, 1.807) is 30.5 Å². The van der Waals surface area contributed by atoms with Crippen LogP contribution in [0.2, 0.25) is 0 Å². The van der Waals surface area contributed by atoms with E-state index in [4.69, 9.17) is 5.11 Å². The van der Waals surface area contributed by atoms with Gasteiger partial charge in [0.25, 0.3) is 0 Å². The number of rotatable bonds is 4. The van der Waals surface area contributed by atoms with Crippen molar-refractivity contribution in [1.29, 1.82) is 0 Å². The van der Waals surface area contributed by atoms with E-state index in [-0.39, 0.29) is 24.6 Å². The highest BCUT2D eigenvalue weighted by Crippen LogP contribution is 2.17. The number of hydrogen-bond donors (Lipinski definition) is 3. The zero-order valence-electron chi connectivity index (χ0n) is 11.2. The van der Waals surface area contributed by atoms with Crippen LogP contribution in [-0.2, 0) is 10.8 Å². The molecule has 3 N–H and O–H groups in total. The van der Waals surface area contributed by atoms with E-state index in [2.05, 4.69) is 10.6 Å². The van der Waals surface area contributed by atoms with E-state index in [0.717, 1.165) is 0 Å². The number of nitrogens with one attached hydrogen (secondary N) is 2. The van der Waals surface area contributed by atoms with Crippen molar-refractivity contribution in [2.24, 2.45) is 5.92 Å². The van der Waals surface area contributed by atoms with Crippen LogP contribution >= 0.6 is 0 Å². The highest BCUT2D eigenvalue weighted by molar-refractivity contribution is 7.84. The molecule has 1 aromatic rings. The quantitative estimate of drug-likeness (QED) is 0.736. The molecule has 2 amide bonds. The number of urea groups is 1. The van der Waals surface area contributed by atoms with Gasteiger partial charge in [-0.25, -0.2) is 4.79 Å². The SMILES string of the molecule is CS(=O)c1cccc(NC(=O)N[C@@H]2C=C[C@H](CO)C2)c1. The minimum atomic E-state index is -1.07. The molecule has 0 aromatic heterocycles. The molecule has 0 saturated carbocycles. The molecule has 1 aliphatic rings. The van der Waals surface area contributed by atoms with Crippen LogP contribution in [-0.4, -0.2) is 34.3 Å². The van der Waals surface area contributed by atoms with Gasteiger partial charge >= 0.3 is 6.03 Å². The molecule has 1 aliphatic carbocycles. The van der Waals surface area contributed by atoms with Gasteiger partial charge in [-0.3, -0.25) is 4.21 Å². The predicted molar refractivity (Wildman–Crippen MR) is 79.0 cm³/mol. The van der Waals surface area contributed by atoms with Crippen LogP contribution < -0.4 is 10.6 Å². The second-order valence-corrected chi connectivity index (χ2v) is 6.13. The largest absolute Gasteiger partial charge is 0.396 e. The lowest BCUT2D eigenvalue weighted by Gasteiger charge is -2.13. The second kappa shape index (κ2) is 6.67. The fourth-order valence-electron chi connectivity index (χ4n) is 2.11. The second-order valence-electron chi connectivity index (χ2n) is 4.75. The summed E-state index contributed by atoms with van der Waals surface area (Å²) >= 11 is 0. The summed E-state index contributed by atoms with van der Waals surface area (Å²) in [6, 6.07) is 6.58. The van der Waals surface area contributed by atoms with Gasteiger partial charge in [0.2, 0.25) is 0 Å². The van der Waals surface area contributed by atoms with Gasteiger partial charge in [0.05, 0.1) is 0 Å². The number of hydrogen-bond acceptors (Lipinski definition) is 3. The smallest absolute Gasteiger partial charge is 0.319 e. The topological polar surface area (TPSA) is 78.4 Å². The van der Waals surface area contributed by atoms with E-state index in [0.29, 0.717) is 17.0 Å². The maximum atomic E-state index is 11.9. The molecule has 0 saturated heterocycles. The number of anilines is 1. The Hall–Kier alpha value is -1.66. The number of carbonyl (C=O) groups is 1. The maximum Gasteiger partial charge on any atom is 0.319 e. The summed E-state index contributed by atoms with van der Waals surface area (Å²) in [5.74, 6) is 0.117. The molecule has 108 valence electrons. The lowest BCUT2D eigenvalue weighted by molar-refractivity contribution is 0.238. The third-order valence-electron chi connectivity index (χ3n) is 3.15. The number of benzene rings is 1. The first-order valence-electron chi connectivity index (χ1n) is 6.38. The van der Waals surface area contributed by atoms with E-state index < -0.39 is 10.8 Å². The fraction of sp³-hybridized carbons (Fsp3) is 0.357. The highest BCUT2D eigenvalue weighted by Gasteiger charge is 2.19. The molecule has 1 aromatic carbocycles. The summed E-state index contributed by atoms with van der Waals surface area (Å²) in [6.07, 6.45) is 6.10. The Bertz CT molecular complexity index is 545. The van der Waals surface area contributed by atoms with E-state index >= 15 is 0 Å². The Labute approximate surface area is 120 Å². The van der Waals surface area contributed by atoms with Crippen molar-refractivity contribution in [3.8, 4) is 0 Å². The van der Waals surface area contributed by atoms with E-state index in [1.807, 2.05) is 12.2 Å². The van der Waals surface area contributed by atoms with E-state index in [1.165, 1.54) is 0 Å². The molecule has 20 heavy (non-hydrogen) atoms. The Morgan fingerprint density at radius 1 is 1.45 bits per heavy atom. The van der Waals surface area contributed by atoms with Crippen molar-refractivity contribution in [2.75, 3.05) is 18.2 Å². The van der Waals surface area contributed by atoms with Crippen LogP contribution in [0.4, 0.5) is 10.5 Å². The third-order valence-corrected chi connectivity index (χ3v) is 4.06. The maximum absolute atomic E-state index is 11.9.